The first-order valence-electron chi connectivity index (χ1n) is 4.99. The minimum absolute atomic E-state index is 0.0411. The molecule has 0 aromatic heterocycles. The molecule has 74 valence electrons. The molecule has 0 atom stereocenters. The fourth-order valence-electron chi connectivity index (χ4n) is 1.48. The molecular weight excluding hydrogens is 184 g/mol. The minimum Gasteiger partial charge on any atom is -0.335 e. The van der Waals surface area contributed by atoms with Crippen LogP contribution in [0.2, 0.25) is 0 Å². The van der Waals surface area contributed by atoms with Gasteiger partial charge in [0.25, 0.3) is 0 Å². The first kappa shape index (κ1) is 9.19. The molecule has 2 aliphatic rings. The van der Waals surface area contributed by atoms with Gasteiger partial charge in [0.15, 0.2) is 0 Å². The normalized spacial score (nSPS) is 24.0. The van der Waals surface area contributed by atoms with E-state index in [0.717, 1.165) is 25.7 Å². The van der Waals surface area contributed by atoms with Gasteiger partial charge in [-0.15, -0.1) is 0 Å². The summed E-state index contributed by atoms with van der Waals surface area (Å²) in [6, 6.07) is 0.928. The van der Waals surface area contributed by atoms with Crippen LogP contribution in [0.25, 0.3) is 0 Å². The lowest BCUT2D eigenvalue weighted by Crippen LogP contribution is -2.44. The molecule has 1 saturated heterocycles. The summed E-state index contributed by atoms with van der Waals surface area (Å²) in [4.78, 5) is 11.3. The van der Waals surface area contributed by atoms with E-state index < -0.39 is 0 Å². The summed E-state index contributed by atoms with van der Waals surface area (Å²) in [6.45, 7) is 0. The molecule has 13 heavy (non-hydrogen) atoms. The second-order valence-electron chi connectivity index (χ2n) is 3.78. The summed E-state index contributed by atoms with van der Waals surface area (Å²) in [5.74, 6) is 2.38. The molecule has 2 fully saturated rings. The molecule has 0 aromatic rings. The van der Waals surface area contributed by atoms with Crippen molar-refractivity contribution in [2.24, 2.45) is 0 Å². The highest BCUT2D eigenvalue weighted by Gasteiger charge is 2.24. The first-order chi connectivity index (χ1) is 6.34. The molecule has 0 aromatic carbocycles. The molecule has 2 amide bonds. The molecular formula is C9H16N2OS. The fraction of sp³-hybridized carbons (Fsp3) is 0.889. The van der Waals surface area contributed by atoms with Crippen LogP contribution in [0.3, 0.4) is 0 Å². The maximum absolute atomic E-state index is 11.3. The fourth-order valence-corrected chi connectivity index (χ4v) is 2.59. The molecule has 0 spiro atoms. The highest BCUT2D eigenvalue weighted by Crippen LogP contribution is 2.19. The van der Waals surface area contributed by atoms with Crippen LogP contribution in [0.15, 0.2) is 0 Å². The molecule has 2 rings (SSSR count). The van der Waals surface area contributed by atoms with Gasteiger partial charge in [-0.05, 0) is 37.2 Å². The zero-order valence-electron chi connectivity index (χ0n) is 7.71. The number of carbonyl (C=O) groups is 1. The van der Waals surface area contributed by atoms with Crippen molar-refractivity contribution in [2.75, 3.05) is 11.5 Å². The highest BCUT2D eigenvalue weighted by molar-refractivity contribution is 7.99. The first-order valence-corrected chi connectivity index (χ1v) is 6.15. The average molecular weight is 200 g/mol. The molecule has 3 nitrogen and oxygen atoms in total. The second kappa shape index (κ2) is 4.22. The van der Waals surface area contributed by atoms with Crippen molar-refractivity contribution in [3.63, 3.8) is 0 Å². The van der Waals surface area contributed by atoms with E-state index in [1.54, 1.807) is 0 Å². The van der Waals surface area contributed by atoms with Crippen LogP contribution >= 0.6 is 11.8 Å². The molecule has 1 saturated carbocycles. The van der Waals surface area contributed by atoms with E-state index in [1.165, 1.54) is 11.5 Å². The van der Waals surface area contributed by atoms with Gasteiger partial charge in [-0.25, -0.2) is 4.79 Å². The lowest BCUT2D eigenvalue weighted by atomic mass is 10.2. The standard InChI is InChI=1S/C9H16N2OS/c12-9(10-7-1-2-7)11-8-3-5-13-6-4-8/h7-8H,1-6H2,(H2,10,11,12). The predicted octanol–water partition coefficient (Wildman–Crippen LogP) is 1.34. The second-order valence-corrected chi connectivity index (χ2v) is 5.00. The Kier molecular flexibility index (Phi) is 2.98. The summed E-state index contributed by atoms with van der Waals surface area (Å²) < 4.78 is 0. The van der Waals surface area contributed by atoms with Crippen molar-refractivity contribution >= 4 is 17.8 Å². The van der Waals surface area contributed by atoms with Crippen molar-refractivity contribution in [3.8, 4) is 0 Å². The summed E-state index contributed by atoms with van der Waals surface area (Å²) in [6.07, 6.45) is 4.58. The summed E-state index contributed by atoms with van der Waals surface area (Å²) >= 11 is 1.98. The van der Waals surface area contributed by atoms with E-state index in [0.29, 0.717) is 12.1 Å². The zero-order valence-corrected chi connectivity index (χ0v) is 8.53. The molecule has 4 heteroatoms. The minimum atomic E-state index is 0.0411. The molecule has 2 N–H and O–H groups in total. The van der Waals surface area contributed by atoms with E-state index in [1.807, 2.05) is 11.8 Å². The average Bonchev–Trinajstić information content (AvgIpc) is 2.90. The predicted molar refractivity (Wildman–Crippen MR) is 55.0 cm³/mol. The maximum atomic E-state index is 11.3. The van der Waals surface area contributed by atoms with E-state index in [9.17, 15) is 4.79 Å². The Morgan fingerprint density at radius 3 is 2.08 bits per heavy atom. The van der Waals surface area contributed by atoms with Crippen molar-refractivity contribution in [3.05, 3.63) is 0 Å². The summed E-state index contributed by atoms with van der Waals surface area (Å²) in [5, 5.41) is 5.97. The van der Waals surface area contributed by atoms with Crippen LogP contribution in [-0.2, 0) is 0 Å². The quantitative estimate of drug-likeness (QED) is 0.706. The lowest BCUT2D eigenvalue weighted by Gasteiger charge is -2.22. The van der Waals surface area contributed by atoms with Gasteiger partial charge in [-0.1, -0.05) is 0 Å². The SMILES string of the molecule is O=C(NC1CCSCC1)NC1CC1. The van der Waals surface area contributed by atoms with Crippen LogP contribution in [0.5, 0.6) is 0 Å². The Bertz CT molecular complexity index is 188. The third kappa shape index (κ3) is 3.10. The van der Waals surface area contributed by atoms with E-state index >= 15 is 0 Å². The van der Waals surface area contributed by atoms with Gasteiger partial charge in [0.1, 0.15) is 0 Å². The van der Waals surface area contributed by atoms with Gasteiger partial charge in [0, 0.05) is 12.1 Å². The molecule has 0 radical (unpaired) electrons. The third-order valence-corrected chi connectivity index (χ3v) is 3.52. The van der Waals surface area contributed by atoms with Gasteiger partial charge < -0.3 is 10.6 Å². The number of nitrogens with one attached hydrogen (secondary N) is 2. The molecule has 0 unspecified atom stereocenters. The Labute approximate surface area is 83.0 Å². The van der Waals surface area contributed by atoms with Crippen LogP contribution in [0.1, 0.15) is 25.7 Å². The number of urea groups is 1. The van der Waals surface area contributed by atoms with Crippen LogP contribution in [0.4, 0.5) is 4.79 Å². The summed E-state index contributed by atoms with van der Waals surface area (Å²) in [7, 11) is 0. The van der Waals surface area contributed by atoms with E-state index in [2.05, 4.69) is 10.6 Å². The third-order valence-electron chi connectivity index (χ3n) is 2.47. The Morgan fingerprint density at radius 2 is 1.54 bits per heavy atom. The largest absolute Gasteiger partial charge is 0.335 e. The highest BCUT2D eigenvalue weighted by atomic mass is 32.2. The van der Waals surface area contributed by atoms with Gasteiger partial charge in [0.05, 0.1) is 0 Å². The van der Waals surface area contributed by atoms with Gasteiger partial charge >= 0.3 is 6.03 Å². The molecule has 1 aliphatic heterocycles. The maximum Gasteiger partial charge on any atom is 0.315 e. The smallest absolute Gasteiger partial charge is 0.315 e. The molecule has 1 heterocycles. The number of carbonyl (C=O) groups excluding carboxylic acids is 1. The monoisotopic (exact) mass is 200 g/mol. The van der Waals surface area contributed by atoms with Crippen molar-refractivity contribution in [1.29, 1.82) is 0 Å². The summed E-state index contributed by atoms with van der Waals surface area (Å²) in [5.41, 5.74) is 0. The number of hydrogen-bond acceptors (Lipinski definition) is 2. The van der Waals surface area contributed by atoms with Gasteiger partial charge in [-0.3, -0.25) is 0 Å². The van der Waals surface area contributed by atoms with Gasteiger partial charge in [0.2, 0.25) is 0 Å². The Morgan fingerprint density at radius 1 is 1.00 bits per heavy atom. The number of amides is 2. The Balaban J connectivity index is 1.66. The van der Waals surface area contributed by atoms with Crippen molar-refractivity contribution < 1.29 is 4.79 Å². The Hall–Kier alpha value is -0.380. The number of hydrogen-bond donors (Lipinski definition) is 2. The zero-order chi connectivity index (χ0) is 9.10. The van der Waals surface area contributed by atoms with E-state index in [-0.39, 0.29) is 6.03 Å². The van der Waals surface area contributed by atoms with Gasteiger partial charge in [-0.2, -0.15) is 11.8 Å². The lowest BCUT2D eigenvalue weighted by molar-refractivity contribution is 0.235. The topological polar surface area (TPSA) is 41.1 Å². The number of thioether (sulfide) groups is 1. The van der Waals surface area contributed by atoms with E-state index in [4.69, 9.17) is 0 Å². The van der Waals surface area contributed by atoms with Crippen molar-refractivity contribution in [1.82, 2.24) is 10.6 Å². The van der Waals surface area contributed by atoms with Crippen LogP contribution < -0.4 is 10.6 Å². The van der Waals surface area contributed by atoms with Crippen LogP contribution in [-0.4, -0.2) is 29.6 Å². The van der Waals surface area contributed by atoms with Crippen LogP contribution in [0, 0.1) is 0 Å². The molecule has 1 aliphatic carbocycles. The number of rotatable bonds is 2. The molecule has 0 bridgehead atoms. The van der Waals surface area contributed by atoms with Crippen molar-refractivity contribution in [2.45, 2.75) is 37.8 Å².